The molecule has 7 heteroatoms. The largest absolute Gasteiger partial charge is 0.396 e. The molecule has 1 unspecified atom stereocenters. The standard InChI is InChI=1S/C24H33N3O3S/c1-5-11-27(12-6-2)23-10-9-21-13-20(7-8-22(21)14-23)19(4)24(15-25)31(29,30)26-16-18(3)17-28/h7-10,13-14,18,26,28H,5-6,11-12,16-17H2,1-4H3/b24-19+. The summed E-state index contributed by atoms with van der Waals surface area (Å²) in [6.07, 6.45) is 2.16. The van der Waals surface area contributed by atoms with Crippen LogP contribution in [0.15, 0.2) is 41.3 Å². The molecule has 0 heterocycles. The number of allylic oxidation sites excluding steroid dienone is 2. The molecule has 0 radical (unpaired) electrons. The number of aliphatic hydroxyl groups is 1. The van der Waals surface area contributed by atoms with E-state index in [1.165, 1.54) is 5.69 Å². The predicted octanol–water partition coefficient (Wildman–Crippen LogP) is 4.27. The smallest absolute Gasteiger partial charge is 0.251 e. The molecule has 0 aliphatic heterocycles. The number of sulfonamides is 1. The molecule has 0 fully saturated rings. The van der Waals surface area contributed by atoms with Crippen LogP contribution in [-0.4, -0.2) is 39.8 Å². The van der Waals surface area contributed by atoms with Crippen LogP contribution in [0.25, 0.3) is 16.3 Å². The molecule has 0 spiro atoms. The van der Waals surface area contributed by atoms with Crippen molar-refractivity contribution in [1.82, 2.24) is 4.72 Å². The van der Waals surface area contributed by atoms with E-state index < -0.39 is 10.0 Å². The Morgan fingerprint density at radius 1 is 1.13 bits per heavy atom. The lowest BCUT2D eigenvalue weighted by Crippen LogP contribution is -2.30. The number of benzene rings is 2. The van der Waals surface area contributed by atoms with Gasteiger partial charge in [-0.15, -0.1) is 0 Å². The Balaban J connectivity index is 2.40. The summed E-state index contributed by atoms with van der Waals surface area (Å²) in [6.45, 7) is 9.67. The average Bonchev–Trinajstić information content (AvgIpc) is 2.76. The van der Waals surface area contributed by atoms with Gasteiger partial charge in [0.25, 0.3) is 10.0 Å². The van der Waals surface area contributed by atoms with Crippen LogP contribution in [0.1, 0.15) is 46.1 Å². The summed E-state index contributed by atoms with van der Waals surface area (Å²) in [5, 5.41) is 20.7. The Morgan fingerprint density at radius 3 is 2.32 bits per heavy atom. The van der Waals surface area contributed by atoms with Gasteiger partial charge in [-0.2, -0.15) is 5.26 Å². The third-order valence-corrected chi connectivity index (χ3v) is 6.74. The van der Waals surface area contributed by atoms with Crippen molar-refractivity contribution in [3.8, 4) is 6.07 Å². The molecule has 2 N–H and O–H groups in total. The molecule has 0 aromatic heterocycles. The van der Waals surface area contributed by atoms with E-state index in [1.54, 1.807) is 13.8 Å². The summed E-state index contributed by atoms with van der Waals surface area (Å²) >= 11 is 0. The number of hydrogen-bond acceptors (Lipinski definition) is 5. The number of nitrogens with zero attached hydrogens (tertiary/aromatic N) is 2. The molecular formula is C24H33N3O3S. The zero-order chi connectivity index (χ0) is 23.0. The predicted molar refractivity (Wildman–Crippen MR) is 128 cm³/mol. The minimum atomic E-state index is -3.96. The molecule has 168 valence electrons. The Kier molecular flexibility index (Phi) is 9.05. The van der Waals surface area contributed by atoms with Gasteiger partial charge in [-0.1, -0.05) is 39.0 Å². The number of nitriles is 1. The first-order chi connectivity index (χ1) is 14.8. The maximum atomic E-state index is 12.6. The highest BCUT2D eigenvalue weighted by Crippen LogP contribution is 2.28. The Bertz CT molecular complexity index is 1070. The van der Waals surface area contributed by atoms with Gasteiger partial charge in [-0.25, -0.2) is 13.1 Å². The first-order valence-corrected chi connectivity index (χ1v) is 12.3. The second-order valence-electron chi connectivity index (χ2n) is 7.94. The van der Waals surface area contributed by atoms with Crippen molar-refractivity contribution < 1.29 is 13.5 Å². The van der Waals surface area contributed by atoms with Gasteiger partial charge in [0, 0.05) is 31.9 Å². The van der Waals surface area contributed by atoms with Crippen LogP contribution in [0.4, 0.5) is 5.69 Å². The first-order valence-electron chi connectivity index (χ1n) is 10.8. The van der Waals surface area contributed by atoms with Gasteiger partial charge < -0.3 is 10.0 Å². The highest BCUT2D eigenvalue weighted by Gasteiger charge is 2.21. The summed E-state index contributed by atoms with van der Waals surface area (Å²) < 4.78 is 27.7. The molecule has 0 aliphatic rings. The highest BCUT2D eigenvalue weighted by molar-refractivity contribution is 7.93. The van der Waals surface area contributed by atoms with E-state index in [-0.39, 0.29) is 24.0 Å². The van der Waals surface area contributed by atoms with Gasteiger partial charge >= 0.3 is 0 Å². The fourth-order valence-corrected chi connectivity index (χ4v) is 4.73. The van der Waals surface area contributed by atoms with Crippen LogP contribution in [0.2, 0.25) is 0 Å². The SMILES string of the molecule is CCCN(CCC)c1ccc2cc(/C(C)=C(\C#N)S(=O)(=O)NCC(C)CO)ccc2c1. The van der Waals surface area contributed by atoms with Crippen LogP contribution in [-0.2, 0) is 10.0 Å². The lowest BCUT2D eigenvalue weighted by molar-refractivity contribution is 0.239. The summed E-state index contributed by atoms with van der Waals surface area (Å²) in [5.74, 6) is -0.232. The monoisotopic (exact) mass is 443 g/mol. The molecule has 0 amide bonds. The van der Waals surface area contributed by atoms with Gasteiger partial charge in [0.1, 0.15) is 6.07 Å². The lowest BCUT2D eigenvalue weighted by atomic mass is 10.0. The zero-order valence-corrected chi connectivity index (χ0v) is 19.7. The third kappa shape index (κ3) is 6.30. The lowest BCUT2D eigenvalue weighted by Gasteiger charge is -2.24. The summed E-state index contributed by atoms with van der Waals surface area (Å²) in [7, 11) is -3.96. The van der Waals surface area contributed by atoms with E-state index in [1.807, 2.05) is 30.3 Å². The maximum absolute atomic E-state index is 12.6. The minimum absolute atomic E-state index is 0.0732. The molecule has 2 aromatic carbocycles. The maximum Gasteiger partial charge on any atom is 0.251 e. The second kappa shape index (κ2) is 11.3. The average molecular weight is 444 g/mol. The van der Waals surface area contributed by atoms with Gasteiger partial charge in [-0.3, -0.25) is 0 Å². The summed E-state index contributed by atoms with van der Waals surface area (Å²) in [5.41, 5.74) is 2.27. The Morgan fingerprint density at radius 2 is 1.74 bits per heavy atom. The summed E-state index contributed by atoms with van der Waals surface area (Å²) in [6, 6.07) is 13.9. The van der Waals surface area contributed by atoms with Crippen LogP contribution in [0.3, 0.4) is 0 Å². The first kappa shape index (κ1) is 24.9. The number of fused-ring (bicyclic) bond motifs is 1. The Hall–Kier alpha value is -2.40. The zero-order valence-electron chi connectivity index (χ0n) is 18.9. The molecule has 0 bridgehead atoms. The fraction of sp³-hybridized carbons (Fsp3) is 0.458. The third-order valence-electron chi connectivity index (χ3n) is 5.25. The molecule has 2 rings (SSSR count). The van der Waals surface area contributed by atoms with Crippen molar-refractivity contribution in [2.45, 2.75) is 40.5 Å². The molecule has 31 heavy (non-hydrogen) atoms. The molecule has 0 saturated heterocycles. The van der Waals surface area contributed by atoms with Crippen molar-refractivity contribution in [2.24, 2.45) is 5.92 Å². The molecule has 1 atom stereocenters. The van der Waals surface area contributed by atoms with E-state index >= 15 is 0 Å². The molecule has 0 aliphatic carbocycles. The van der Waals surface area contributed by atoms with Crippen molar-refractivity contribution in [1.29, 1.82) is 5.26 Å². The van der Waals surface area contributed by atoms with Crippen molar-refractivity contribution in [3.05, 3.63) is 46.9 Å². The van der Waals surface area contributed by atoms with E-state index in [9.17, 15) is 13.7 Å². The van der Waals surface area contributed by atoms with Crippen LogP contribution in [0, 0.1) is 17.2 Å². The highest BCUT2D eigenvalue weighted by atomic mass is 32.2. The number of hydrogen-bond donors (Lipinski definition) is 2. The van der Waals surface area contributed by atoms with E-state index in [0.29, 0.717) is 11.1 Å². The van der Waals surface area contributed by atoms with Crippen molar-refractivity contribution in [3.63, 3.8) is 0 Å². The van der Waals surface area contributed by atoms with Gasteiger partial charge in [0.15, 0.2) is 4.91 Å². The van der Waals surface area contributed by atoms with Crippen LogP contribution in [0.5, 0.6) is 0 Å². The van der Waals surface area contributed by atoms with Gasteiger partial charge in [0.2, 0.25) is 0 Å². The van der Waals surface area contributed by atoms with E-state index in [4.69, 9.17) is 5.11 Å². The summed E-state index contributed by atoms with van der Waals surface area (Å²) in [4.78, 5) is 2.07. The van der Waals surface area contributed by atoms with Gasteiger partial charge in [-0.05, 0) is 65.8 Å². The molecule has 2 aromatic rings. The molecule has 6 nitrogen and oxygen atoms in total. The minimum Gasteiger partial charge on any atom is -0.396 e. The number of rotatable bonds is 11. The van der Waals surface area contributed by atoms with E-state index in [0.717, 1.165) is 36.7 Å². The van der Waals surface area contributed by atoms with E-state index in [2.05, 4.69) is 35.6 Å². The normalized spacial score (nSPS) is 13.5. The van der Waals surface area contributed by atoms with Crippen molar-refractivity contribution in [2.75, 3.05) is 31.1 Å². The quantitative estimate of drug-likeness (QED) is 0.506. The van der Waals surface area contributed by atoms with Crippen LogP contribution < -0.4 is 9.62 Å². The fourth-order valence-electron chi connectivity index (χ4n) is 3.44. The number of aliphatic hydroxyl groups excluding tert-OH is 1. The topological polar surface area (TPSA) is 93.4 Å². The Labute approximate surface area is 186 Å². The van der Waals surface area contributed by atoms with Crippen molar-refractivity contribution >= 4 is 32.1 Å². The van der Waals surface area contributed by atoms with Gasteiger partial charge in [0.05, 0.1) is 0 Å². The second-order valence-corrected chi connectivity index (χ2v) is 9.64. The number of nitrogens with one attached hydrogen (secondary N) is 1. The number of anilines is 1. The molecule has 0 saturated carbocycles. The molecular weight excluding hydrogens is 410 g/mol. The van der Waals surface area contributed by atoms with Crippen LogP contribution >= 0.6 is 0 Å².